The Kier molecular flexibility index (Phi) is 6.79. The fraction of sp³-hybridized carbons (Fsp3) is 0.375. The van der Waals surface area contributed by atoms with E-state index >= 15 is 0 Å². The van der Waals surface area contributed by atoms with Crippen molar-refractivity contribution in [2.45, 2.75) is 52.4 Å². The molecule has 1 saturated carbocycles. The number of allylic oxidation sites excluding steroid dienone is 5. The zero-order chi connectivity index (χ0) is 19.3. The molecule has 2 nitrogen and oxygen atoms in total. The van der Waals surface area contributed by atoms with E-state index in [1.165, 1.54) is 29.5 Å². The van der Waals surface area contributed by atoms with E-state index in [1.54, 1.807) is 13.1 Å². The monoisotopic (exact) mass is 349 g/mol. The zero-order valence-electron chi connectivity index (χ0n) is 16.3. The van der Waals surface area contributed by atoms with Crippen LogP contribution in [0.1, 0.15) is 57.1 Å². The average Bonchev–Trinajstić information content (AvgIpc) is 3.45. The first-order valence-electron chi connectivity index (χ1n) is 9.39. The van der Waals surface area contributed by atoms with Crippen LogP contribution in [0.3, 0.4) is 0 Å². The predicted octanol–water partition coefficient (Wildman–Crippen LogP) is 5.62. The van der Waals surface area contributed by atoms with E-state index in [4.69, 9.17) is 5.73 Å². The van der Waals surface area contributed by atoms with Crippen molar-refractivity contribution in [3.8, 4) is 0 Å². The van der Waals surface area contributed by atoms with Gasteiger partial charge in [0.1, 0.15) is 0 Å². The van der Waals surface area contributed by atoms with Crippen molar-refractivity contribution in [3.05, 3.63) is 83.1 Å². The van der Waals surface area contributed by atoms with Crippen LogP contribution >= 0.6 is 0 Å². The minimum Gasteiger partial charge on any atom is -0.404 e. The fourth-order valence-corrected chi connectivity index (χ4v) is 2.99. The summed E-state index contributed by atoms with van der Waals surface area (Å²) in [7, 11) is 0. The molecule has 0 spiro atoms. The highest BCUT2D eigenvalue weighted by Gasteiger charge is 2.25. The molecule has 0 unspecified atom stereocenters. The van der Waals surface area contributed by atoms with Gasteiger partial charge in [-0.25, -0.2) is 0 Å². The fourth-order valence-electron chi connectivity index (χ4n) is 2.99. The zero-order valence-corrected chi connectivity index (χ0v) is 16.3. The lowest BCUT2D eigenvalue weighted by Crippen LogP contribution is -2.03. The average molecular weight is 350 g/mol. The molecule has 1 aliphatic rings. The number of rotatable bonds is 9. The Morgan fingerprint density at radius 3 is 2.31 bits per heavy atom. The molecule has 0 saturated heterocycles. The molecule has 1 fully saturated rings. The second-order valence-electron chi connectivity index (χ2n) is 7.63. The molecule has 2 rings (SSSR count). The van der Waals surface area contributed by atoms with E-state index in [-0.39, 0.29) is 5.78 Å². The van der Waals surface area contributed by atoms with Crippen LogP contribution in [0.2, 0.25) is 0 Å². The van der Waals surface area contributed by atoms with E-state index in [1.807, 2.05) is 6.08 Å². The molecule has 2 heteroatoms. The quantitative estimate of drug-likeness (QED) is 0.357. The van der Waals surface area contributed by atoms with Crippen molar-refractivity contribution in [2.75, 3.05) is 0 Å². The summed E-state index contributed by atoms with van der Waals surface area (Å²) in [6.45, 7) is 14.1. The number of carbonyl (C=O) groups excluding carboxylic acids is 1. The standard InChI is InChI=1S/C24H31NO/c1-16(2)22-8-6-20(7-9-22)13-21(15-25)14-24(18(4)19(5)26)12-17(3)23-10-11-23/h6-9,14-16,23H,3-4,10-13,25H2,1-2,5H3/b21-15-,24-14+. The van der Waals surface area contributed by atoms with Crippen LogP contribution in [0.25, 0.3) is 0 Å². The molecule has 0 radical (unpaired) electrons. The normalized spacial score (nSPS) is 15.2. The number of Topliss-reactive ketones (excluding diaryl/α,β-unsaturated/α-hetero) is 1. The van der Waals surface area contributed by atoms with Crippen molar-refractivity contribution in [3.63, 3.8) is 0 Å². The summed E-state index contributed by atoms with van der Waals surface area (Å²) >= 11 is 0. The van der Waals surface area contributed by atoms with Crippen LogP contribution in [0, 0.1) is 5.92 Å². The first kappa shape index (κ1) is 20.0. The van der Waals surface area contributed by atoms with E-state index in [0.717, 1.165) is 17.6 Å². The third-order valence-corrected chi connectivity index (χ3v) is 5.01. The molecule has 0 aromatic heterocycles. The van der Waals surface area contributed by atoms with Gasteiger partial charge >= 0.3 is 0 Å². The molecule has 1 aromatic rings. The van der Waals surface area contributed by atoms with Crippen LogP contribution < -0.4 is 5.73 Å². The number of carbonyl (C=O) groups is 1. The lowest BCUT2D eigenvalue weighted by molar-refractivity contribution is -0.113. The van der Waals surface area contributed by atoms with Gasteiger partial charge in [-0.15, -0.1) is 0 Å². The number of hydrogen-bond donors (Lipinski definition) is 1. The van der Waals surface area contributed by atoms with Crippen molar-refractivity contribution < 1.29 is 4.79 Å². The second-order valence-corrected chi connectivity index (χ2v) is 7.63. The van der Waals surface area contributed by atoms with Gasteiger partial charge in [0.15, 0.2) is 5.78 Å². The number of hydrogen-bond acceptors (Lipinski definition) is 2. The molecule has 26 heavy (non-hydrogen) atoms. The number of ketones is 1. The minimum absolute atomic E-state index is 0.00231. The molecule has 138 valence electrons. The van der Waals surface area contributed by atoms with Gasteiger partial charge in [-0.1, -0.05) is 62.9 Å². The Balaban J connectivity index is 2.19. The van der Waals surface area contributed by atoms with Crippen molar-refractivity contribution in [2.24, 2.45) is 11.7 Å². The predicted molar refractivity (Wildman–Crippen MR) is 111 cm³/mol. The highest BCUT2D eigenvalue weighted by Crippen LogP contribution is 2.39. The van der Waals surface area contributed by atoms with E-state index in [9.17, 15) is 4.79 Å². The molecule has 2 N–H and O–H groups in total. The molecule has 0 heterocycles. The summed E-state index contributed by atoms with van der Waals surface area (Å²) in [6, 6.07) is 8.63. The summed E-state index contributed by atoms with van der Waals surface area (Å²) in [5.41, 5.74) is 12.1. The first-order chi connectivity index (χ1) is 12.3. The summed E-state index contributed by atoms with van der Waals surface area (Å²) in [5.74, 6) is 1.12. The van der Waals surface area contributed by atoms with Gasteiger partial charge in [0, 0.05) is 5.57 Å². The number of nitrogens with two attached hydrogens (primary N) is 1. The Bertz CT molecular complexity index is 743. The van der Waals surface area contributed by atoms with Gasteiger partial charge in [0.25, 0.3) is 0 Å². The lowest BCUT2D eigenvalue weighted by atomic mass is 9.92. The molecular formula is C24H31NO. The van der Waals surface area contributed by atoms with Gasteiger partial charge in [0.05, 0.1) is 0 Å². The molecule has 1 aliphatic carbocycles. The van der Waals surface area contributed by atoms with Gasteiger partial charge in [-0.05, 0) is 72.9 Å². The van der Waals surface area contributed by atoms with Crippen molar-refractivity contribution >= 4 is 5.78 Å². The maximum Gasteiger partial charge on any atom is 0.159 e. The highest BCUT2D eigenvalue weighted by atomic mass is 16.1. The lowest BCUT2D eigenvalue weighted by Gasteiger charge is -2.13. The van der Waals surface area contributed by atoms with Gasteiger partial charge in [-0.3, -0.25) is 4.79 Å². The van der Waals surface area contributed by atoms with Gasteiger partial charge in [0.2, 0.25) is 0 Å². The van der Waals surface area contributed by atoms with Crippen molar-refractivity contribution in [1.29, 1.82) is 0 Å². The van der Waals surface area contributed by atoms with Crippen molar-refractivity contribution in [1.82, 2.24) is 0 Å². The molecule has 0 aliphatic heterocycles. The Hall–Kier alpha value is -2.35. The van der Waals surface area contributed by atoms with E-state index in [2.05, 4.69) is 51.3 Å². The van der Waals surface area contributed by atoms with E-state index < -0.39 is 0 Å². The maximum absolute atomic E-state index is 11.9. The van der Waals surface area contributed by atoms with Crippen LogP contribution in [0.15, 0.2) is 72.0 Å². The third kappa shape index (κ3) is 5.59. The SMILES string of the molecule is C=C(C(C)=O)/C(=C/C(=C\N)Cc1ccc(C(C)C)cc1)CC(=C)C1CC1. The molecule has 1 aromatic carbocycles. The third-order valence-electron chi connectivity index (χ3n) is 5.01. The maximum atomic E-state index is 11.9. The molecular weight excluding hydrogens is 318 g/mol. The van der Waals surface area contributed by atoms with Gasteiger partial charge in [-0.2, -0.15) is 0 Å². The largest absolute Gasteiger partial charge is 0.404 e. The minimum atomic E-state index is -0.00231. The second kappa shape index (κ2) is 8.84. The highest BCUT2D eigenvalue weighted by molar-refractivity contribution is 5.97. The molecule has 0 amide bonds. The topological polar surface area (TPSA) is 43.1 Å². The molecule has 0 atom stereocenters. The summed E-state index contributed by atoms with van der Waals surface area (Å²) in [4.78, 5) is 11.9. The summed E-state index contributed by atoms with van der Waals surface area (Å²) < 4.78 is 0. The Labute approximate surface area is 158 Å². The van der Waals surface area contributed by atoms with Crippen LogP contribution in [-0.2, 0) is 11.2 Å². The van der Waals surface area contributed by atoms with Crippen LogP contribution in [0.4, 0.5) is 0 Å². The summed E-state index contributed by atoms with van der Waals surface area (Å²) in [6.07, 6.45) is 7.50. The number of benzene rings is 1. The van der Waals surface area contributed by atoms with Gasteiger partial charge < -0.3 is 5.73 Å². The first-order valence-corrected chi connectivity index (χ1v) is 9.39. The molecule has 0 bridgehead atoms. The Morgan fingerprint density at radius 2 is 1.85 bits per heavy atom. The van der Waals surface area contributed by atoms with Crippen LogP contribution in [-0.4, -0.2) is 5.78 Å². The Morgan fingerprint density at radius 1 is 1.23 bits per heavy atom. The smallest absolute Gasteiger partial charge is 0.159 e. The summed E-state index contributed by atoms with van der Waals surface area (Å²) in [5, 5.41) is 0. The van der Waals surface area contributed by atoms with Crippen LogP contribution in [0.5, 0.6) is 0 Å². The van der Waals surface area contributed by atoms with E-state index in [0.29, 0.717) is 23.8 Å².